The maximum Gasteiger partial charge on any atom is 0.338 e. The number of rotatable bonds is 5. The van der Waals surface area contributed by atoms with Gasteiger partial charge in [0, 0.05) is 17.6 Å². The Bertz CT molecular complexity index is 410. The summed E-state index contributed by atoms with van der Waals surface area (Å²) in [5.74, 6) is -0.275. The summed E-state index contributed by atoms with van der Waals surface area (Å²) < 4.78 is 10.1. The summed E-state index contributed by atoms with van der Waals surface area (Å²) in [7, 11) is 0. The molecule has 4 heteroatoms. The molecule has 1 saturated heterocycles. The minimum absolute atomic E-state index is 0.236. The van der Waals surface area contributed by atoms with Gasteiger partial charge in [0.25, 0.3) is 0 Å². The summed E-state index contributed by atoms with van der Waals surface area (Å²) in [6.07, 6.45) is 0. The van der Waals surface area contributed by atoms with E-state index in [0.717, 1.165) is 25.4 Å². The predicted octanol–water partition coefficient (Wildman–Crippen LogP) is 2.31. The normalized spacial score (nSPS) is 16.8. The molecule has 0 amide bonds. The number of hydrogen-bond donors (Lipinski definition) is 1. The van der Waals surface area contributed by atoms with Crippen molar-refractivity contribution in [3.8, 4) is 0 Å². The maximum atomic E-state index is 11.5. The molecule has 1 N–H and O–H groups in total. The van der Waals surface area contributed by atoms with Crippen molar-refractivity contribution < 1.29 is 14.3 Å². The van der Waals surface area contributed by atoms with Crippen molar-refractivity contribution in [3.05, 3.63) is 29.8 Å². The molecule has 0 bridgehead atoms. The van der Waals surface area contributed by atoms with Gasteiger partial charge in [-0.1, -0.05) is 6.92 Å². The average Bonchev–Trinajstić information content (AvgIpc) is 2.35. The zero-order chi connectivity index (χ0) is 13.0. The Balaban J connectivity index is 1.89. The standard InChI is InChI=1S/C14H19NO3/c1-3-18-13(16)11-4-6-12(7-5-11)15-8-14(2)9-17-10-14/h4-7,15H,3,8-10H2,1-2H3. The summed E-state index contributed by atoms with van der Waals surface area (Å²) >= 11 is 0. The third kappa shape index (κ3) is 3.01. The number of carbonyl (C=O) groups is 1. The molecule has 0 radical (unpaired) electrons. The van der Waals surface area contributed by atoms with Crippen LogP contribution < -0.4 is 5.32 Å². The van der Waals surface area contributed by atoms with Gasteiger partial charge >= 0.3 is 5.97 Å². The fraction of sp³-hybridized carbons (Fsp3) is 0.500. The molecule has 0 atom stereocenters. The van der Waals surface area contributed by atoms with Crippen molar-refractivity contribution in [2.75, 3.05) is 31.7 Å². The van der Waals surface area contributed by atoms with Gasteiger partial charge in [0.15, 0.2) is 0 Å². The van der Waals surface area contributed by atoms with Gasteiger partial charge in [-0.25, -0.2) is 4.79 Å². The van der Waals surface area contributed by atoms with Crippen molar-refractivity contribution in [2.24, 2.45) is 5.41 Å². The highest BCUT2D eigenvalue weighted by atomic mass is 16.5. The first-order valence-electron chi connectivity index (χ1n) is 6.22. The van der Waals surface area contributed by atoms with Gasteiger partial charge in [-0.15, -0.1) is 0 Å². The van der Waals surface area contributed by atoms with Crippen LogP contribution in [0.3, 0.4) is 0 Å². The highest BCUT2D eigenvalue weighted by Crippen LogP contribution is 2.26. The minimum atomic E-state index is -0.275. The lowest BCUT2D eigenvalue weighted by molar-refractivity contribution is -0.0924. The van der Waals surface area contributed by atoms with E-state index in [1.807, 2.05) is 12.1 Å². The van der Waals surface area contributed by atoms with Crippen LogP contribution in [0.4, 0.5) is 5.69 Å². The Morgan fingerprint density at radius 2 is 2.06 bits per heavy atom. The van der Waals surface area contributed by atoms with E-state index in [1.165, 1.54) is 0 Å². The lowest BCUT2D eigenvalue weighted by atomic mass is 9.89. The highest BCUT2D eigenvalue weighted by molar-refractivity contribution is 5.89. The molecule has 98 valence electrons. The second-order valence-corrected chi connectivity index (χ2v) is 4.95. The summed E-state index contributed by atoms with van der Waals surface area (Å²) in [6.45, 7) is 6.89. The van der Waals surface area contributed by atoms with Crippen molar-refractivity contribution in [1.82, 2.24) is 0 Å². The van der Waals surface area contributed by atoms with Crippen LogP contribution >= 0.6 is 0 Å². The smallest absolute Gasteiger partial charge is 0.338 e. The Kier molecular flexibility index (Phi) is 3.87. The average molecular weight is 249 g/mol. The molecule has 0 spiro atoms. The van der Waals surface area contributed by atoms with Crippen LogP contribution in [-0.4, -0.2) is 32.3 Å². The molecule has 1 aliphatic heterocycles. The monoisotopic (exact) mass is 249 g/mol. The fourth-order valence-electron chi connectivity index (χ4n) is 1.81. The van der Waals surface area contributed by atoms with Crippen molar-refractivity contribution >= 4 is 11.7 Å². The van der Waals surface area contributed by atoms with Gasteiger partial charge in [-0.2, -0.15) is 0 Å². The van der Waals surface area contributed by atoms with Crippen LogP contribution in [0.5, 0.6) is 0 Å². The molecule has 4 nitrogen and oxygen atoms in total. The van der Waals surface area contributed by atoms with Crippen LogP contribution in [0.1, 0.15) is 24.2 Å². The van der Waals surface area contributed by atoms with E-state index in [2.05, 4.69) is 12.2 Å². The zero-order valence-corrected chi connectivity index (χ0v) is 10.9. The van der Waals surface area contributed by atoms with Gasteiger partial charge in [-0.3, -0.25) is 0 Å². The van der Waals surface area contributed by atoms with Gasteiger partial charge in [0.2, 0.25) is 0 Å². The Morgan fingerprint density at radius 3 is 2.56 bits per heavy atom. The summed E-state index contributed by atoms with van der Waals surface area (Å²) in [6, 6.07) is 7.35. The van der Waals surface area contributed by atoms with E-state index in [-0.39, 0.29) is 11.4 Å². The van der Waals surface area contributed by atoms with Crippen LogP contribution in [0, 0.1) is 5.41 Å². The van der Waals surface area contributed by atoms with Crippen LogP contribution in [0.15, 0.2) is 24.3 Å². The molecule has 0 saturated carbocycles. The Morgan fingerprint density at radius 1 is 1.39 bits per heavy atom. The first-order valence-corrected chi connectivity index (χ1v) is 6.22. The molecular weight excluding hydrogens is 230 g/mol. The molecule has 0 aromatic heterocycles. The maximum absolute atomic E-state index is 11.5. The topological polar surface area (TPSA) is 47.6 Å². The highest BCUT2D eigenvalue weighted by Gasteiger charge is 2.32. The molecule has 1 aromatic carbocycles. The summed E-state index contributed by atoms with van der Waals surface area (Å²) in [5, 5.41) is 3.35. The second kappa shape index (κ2) is 5.40. The lowest BCUT2D eigenvalue weighted by Gasteiger charge is -2.38. The largest absolute Gasteiger partial charge is 0.462 e. The molecule has 1 aromatic rings. The number of nitrogens with one attached hydrogen (secondary N) is 1. The SMILES string of the molecule is CCOC(=O)c1ccc(NCC2(C)COC2)cc1. The molecule has 0 unspecified atom stereocenters. The minimum Gasteiger partial charge on any atom is -0.462 e. The Hall–Kier alpha value is -1.55. The van der Waals surface area contributed by atoms with Gasteiger partial charge < -0.3 is 14.8 Å². The van der Waals surface area contributed by atoms with E-state index in [9.17, 15) is 4.79 Å². The molecule has 0 aliphatic carbocycles. The fourth-order valence-corrected chi connectivity index (χ4v) is 1.81. The Labute approximate surface area is 107 Å². The number of esters is 1. The van der Waals surface area contributed by atoms with Crippen LogP contribution in [0.2, 0.25) is 0 Å². The molecule has 1 fully saturated rings. The molecule has 1 aliphatic rings. The third-order valence-electron chi connectivity index (χ3n) is 3.02. The van der Waals surface area contributed by atoms with E-state index in [0.29, 0.717) is 12.2 Å². The summed E-state index contributed by atoms with van der Waals surface area (Å²) in [5.41, 5.74) is 1.83. The zero-order valence-electron chi connectivity index (χ0n) is 10.9. The number of hydrogen-bond acceptors (Lipinski definition) is 4. The first-order chi connectivity index (χ1) is 8.63. The lowest BCUT2D eigenvalue weighted by Crippen LogP contribution is -2.45. The van der Waals surface area contributed by atoms with E-state index >= 15 is 0 Å². The van der Waals surface area contributed by atoms with E-state index in [1.54, 1.807) is 19.1 Å². The van der Waals surface area contributed by atoms with E-state index in [4.69, 9.17) is 9.47 Å². The molecular formula is C14H19NO3. The first kappa shape index (κ1) is 12.9. The number of carbonyl (C=O) groups excluding carboxylic acids is 1. The third-order valence-corrected chi connectivity index (χ3v) is 3.02. The van der Waals surface area contributed by atoms with Gasteiger partial charge in [0.05, 0.1) is 25.4 Å². The van der Waals surface area contributed by atoms with Gasteiger partial charge in [0.1, 0.15) is 0 Å². The molecule has 18 heavy (non-hydrogen) atoms. The van der Waals surface area contributed by atoms with Crippen LogP contribution in [0.25, 0.3) is 0 Å². The number of anilines is 1. The molecule has 2 rings (SSSR count). The van der Waals surface area contributed by atoms with Gasteiger partial charge in [-0.05, 0) is 31.2 Å². The number of ether oxygens (including phenoxy) is 2. The van der Waals surface area contributed by atoms with Crippen molar-refractivity contribution in [1.29, 1.82) is 0 Å². The van der Waals surface area contributed by atoms with Crippen molar-refractivity contribution in [3.63, 3.8) is 0 Å². The van der Waals surface area contributed by atoms with Crippen molar-refractivity contribution in [2.45, 2.75) is 13.8 Å². The van der Waals surface area contributed by atoms with Crippen LogP contribution in [-0.2, 0) is 9.47 Å². The summed E-state index contributed by atoms with van der Waals surface area (Å²) in [4.78, 5) is 11.5. The quantitative estimate of drug-likeness (QED) is 0.813. The number of benzene rings is 1. The predicted molar refractivity (Wildman–Crippen MR) is 69.8 cm³/mol. The second-order valence-electron chi connectivity index (χ2n) is 4.95. The van der Waals surface area contributed by atoms with E-state index < -0.39 is 0 Å². The molecule has 1 heterocycles.